The van der Waals surface area contributed by atoms with E-state index in [-0.39, 0.29) is 12.6 Å². The van der Waals surface area contributed by atoms with Gasteiger partial charge in [0.2, 0.25) is 5.88 Å². The standard InChI is InChI=1S/C19H22N4O3/c24-19(25)11-23-6-5-16(10-23)26-18-9-17(20-12-21-18)22-15-7-13-3-1-2-4-14(13)8-15/h1-4,9,12,15-16H,5-8,10-11H2,(H,24,25)(H,20,21,22). The molecule has 1 atom stereocenters. The third-order valence-corrected chi connectivity index (χ3v) is 4.92. The molecule has 1 fully saturated rings. The van der Waals surface area contributed by atoms with Gasteiger partial charge in [-0.25, -0.2) is 9.97 Å². The van der Waals surface area contributed by atoms with Gasteiger partial charge >= 0.3 is 5.97 Å². The van der Waals surface area contributed by atoms with E-state index < -0.39 is 5.97 Å². The summed E-state index contributed by atoms with van der Waals surface area (Å²) in [7, 11) is 0. The lowest BCUT2D eigenvalue weighted by molar-refractivity contribution is -0.138. The van der Waals surface area contributed by atoms with E-state index in [2.05, 4.69) is 39.6 Å². The zero-order valence-corrected chi connectivity index (χ0v) is 14.5. The number of hydrogen-bond acceptors (Lipinski definition) is 6. The normalized spacial score (nSPS) is 20.1. The molecule has 2 heterocycles. The number of carboxylic acid groups (broad SMARTS) is 1. The van der Waals surface area contributed by atoms with Crippen molar-refractivity contribution in [3.63, 3.8) is 0 Å². The summed E-state index contributed by atoms with van der Waals surface area (Å²) in [5.41, 5.74) is 2.78. The number of aromatic nitrogens is 2. The van der Waals surface area contributed by atoms with Crippen molar-refractivity contribution in [3.8, 4) is 5.88 Å². The molecule has 2 N–H and O–H groups in total. The number of carbonyl (C=O) groups is 1. The van der Waals surface area contributed by atoms with Crippen molar-refractivity contribution in [3.05, 3.63) is 47.8 Å². The molecule has 2 aromatic rings. The lowest BCUT2D eigenvalue weighted by Crippen LogP contribution is -2.29. The highest BCUT2D eigenvalue weighted by Crippen LogP contribution is 2.25. The number of fused-ring (bicyclic) bond motifs is 1. The lowest BCUT2D eigenvalue weighted by atomic mass is 10.1. The Morgan fingerprint density at radius 2 is 2.04 bits per heavy atom. The maximum Gasteiger partial charge on any atom is 0.317 e. The van der Waals surface area contributed by atoms with Crippen LogP contribution in [0.2, 0.25) is 0 Å². The van der Waals surface area contributed by atoms with Gasteiger partial charge < -0.3 is 15.2 Å². The summed E-state index contributed by atoms with van der Waals surface area (Å²) in [6, 6.07) is 10.7. The van der Waals surface area contributed by atoms with E-state index in [1.807, 2.05) is 11.0 Å². The van der Waals surface area contributed by atoms with Gasteiger partial charge in [0.1, 0.15) is 18.2 Å². The molecule has 0 spiro atoms. The highest BCUT2D eigenvalue weighted by atomic mass is 16.5. The van der Waals surface area contributed by atoms with Gasteiger partial charge in [-0.15, -0.1) is 0 Å². The number of nitrogens with one attached hydrogen (secondary N) is 1. The first kappa shape index (κ1) is 16.8. The van der Waals surface area contributed by atoms with E-state index in [1.54, 1.807) is 0 Å². The number of aliphatic carboxylic acids is 1. The number of anilines is 1. The van der Waals surface area contributed by atoms with Crippen LogP contribution in [0.15, 0.2) is 36.7 Å². The number of likely N-dealkylation sites (tertiary alicyclic amines) is 1. The molecule has 1 aromatic carbocycles. The van der Waals surface area contributed by atoms with E-state index in [9.17, 15) is 4.79 Å². The van der Waals surface area contributed by atoms with Crippen LogP contribution in [0.4, 0.5) is 5.82 Å². The van der Waals surface area contributed by atoms with Crippen LogP contribution < -0.4 is 10.1 Å². The molecule has 1 unspecified atom stereocenters. The maximum absolute atomic E-state index is 10.8. The summed E-state index contributed by atoms with van der Waals surface area (Å²) in [4.78, 5) is 21.2. The highest BCUT2D eigenvalue weighted by Gasteiger charge is 2.26. The second-order valence-corrected chi connectivity index (χ2v) is 6.92. The fourth-order valence-electron chi connectivity index (χ4n) is 3.75. The molecule has 4 rings (SSSR count). The van der Waals surface area contributed by atoms with Crippen molar-refractivity contribution in [2.45, 2.75) is 31.4 Å². The zero-order valence-electron chi connectivity index (χ0n) is 14.5. The second kappa shape index (κ2) is 7.29. The smallest absolute Gasteiger partial charge is 0.317 e. The van der Waals surface area contributed by atoms with Crippen LogP contribution in [0.3, 0.4) is 0 Å². The van der Waals surface area contributed by atoms with Crippen molar-refractivity contribution in [1.82, 2.24) is 14.9 Å². The van der Waals surface area contributed by atoms with E-state index in [0.29, 0.717) is 18.5 Å². The molecule has 0 radical (unpaired) electrons. The molecule has 7 heteroatoms. The first-order valence-electron chi connectivity index (χ1n) is 8.92. The first-order chi connectivity index (χ1) is 12.7. The summed E-state index contributed by atoms with van der Waals surface area (Å²) >= 11 is 0. The molecule has 26 heavy (non-hydrogen) atoms. The average Bonchev–Trinajstić information content (AvgIpc) is 3.20. The quantitative estimate of drug-likeness (QED) is 0.814. The maximum atomic E-state index is 10.8. The van der Waals surface area contributed by atoms with Crippen molar-refractivity contribution in [2.75, 3.05) is 25.0 Å². The van der Waals surface area contributed by atoms with Gasteiger partial charge in [0.15, 0.2) is 0 Å². The van der Waals surface area contributed by atoms with E-state index in [0.717, 1.165) is 31.6 Å². The second-order valence-electron chi connectivity index (χ2n) is 6.92. The van der Waals surface area contributed by atoms with Crippen LogP contribution in [0.5, 0.6) is 5.88 Å². The Morgan fingerprint density at radius 3 is 2.77 bits per heavy atom. The average molecular weight is 354 g/mol. The van der Waals surface area contributed by atoms with E-state index in [1.165, 1.54) is 17.5 Å². The number of benzene rings is 1. The van der Waals surface area contributed by atoms with Crippen LogP contribution in [0.25, 0.3) is 0 Å². The topological polar surface area (TPSA) is 87.6 Å². The molecule has 0 saturated carbocycles. The summed E-state index contributed by atoms with van der Waals surface area (Å²) in [6.07, 6.45) is 4.25. The molecule has 1 aliphatic carbocycles. The predicted octanol–water partition coefficient (Wildman–Crippen LogP) is 1.59. The van der Waals surface area contributed by atoms with Crippen LogP contribution in [0.1, 0.15) is 17.5 Å². The van der Waals surface area contributed by atoms with Crippen molar-refractivity contribution in [1.29, 1.82) is 0 Å². The molecular weight excluding hydrogens is 332 g/mol. The number of carboxylic acids is 1. The fraction of sp³-hybridized carbons (Fsp3) is 0.421. The Bertz CT molecular complexity index is 773. The van der Waals surface area contributed by atoms with Gasteiger partial charge in [-0.05, 0) is 30.4 Å². The summed E-state index contributed by atoms with van der Waals surface area (Å²) < 4.78 is 5.93. The van der Waals surface area contributed by atoms with Crippen molar-refractivity contribution >= 4 is 11.8 Å². The fourth-order valence-corrected chi connectivity index (χ4v) is 3.75. The number of rotatable bonds is 6. The number of hydrogen-bond donors (Lipinski definition) is 2. The van der Waals surface area contributed by atoms with Gasteiger partial charge in [0, 0.05) is 25.2 Å². The molecule has 1 saturated heterocycles. The molecule has 1 aliphatic heterocycles. The number of nitrogens with zero attached hydrogens (tertiary/aromatic N) is 3. The minimum absolute atomic E-state index is 0.0344. The zero-order chi connectivity index (χ0) is 17.9. The highest BCUT2D eigenvalue weighted by molar-refractivity contribution is 5.69. The molecule has 0 amide bonds. The predicted molar refractivity (Wildman–Crippen MR) is 96.4 cm³/mol. The number of ether oxygens (including phenoxy) is 1. The van der Waals surface area contributed by atoms with Gasteiger partial charge in [0.25, 0.3) is 0 Å². The largest absolute Gasteiger partial charge is 0.480 e. The van der Waals surface area contributed by atoms with Gasteiger partial charge in [-0.3, -0.25) is 9.69 Å². The van der Waals surface area contributed by atoms with E-state index >= 15 is 0 Å². The van der Waals surface area contributed by atoms with Crippen molar-refractivity contribution < 1.29 is 14.6 Å². The monoisotopic (exact) mass is 354 g/mol. The minimum Gasteiger partial charge on any atom is -0.480 e. The van der Waals surface area contributed by atoms with Gasteiger partial charge in [-0.1, -0.05) is 24.3 Å². The summed E-state index contributed by atoms with van der Waals surface area (Å²) in [5.74, 6) is 0.477. The molecule has 7 nitrogen and oxygen atoms in total. The Hall–Kier alpha value is -2.67. The van der Waals surface area contributed by atoms with Crippen LogP contribution in [-0.4, -0.2) is 57.7 Å². The first-order valence-corrected chi connectivity index (χ1v) is 8.92. The Labute approximate surface area is 152 Å². The molecule has 2 aliphatic rings. The molecule has 0 bridgehead atoms. The Balaban J connectivity index is 1.34. The van der Waals surface area contributed by atoms with Gasteiger partial charge in [-0.2, -0.15) is 0 Å². The SMILES string of the molecule is O=C(O)CN1CCC(Oc2cc(NC3Cc4ccccc4C3)ncn2)C1. The lowest BCUT2D eigenvalue weighted by Gasteiger charge is -2.16. The molecule has 1 aromatic heterocycles. The van der Waals surface area contributed by atoms with Crippen LogP contribution in [0, 0.1) is 0 Å². The third kappa shape index (κ3) is 3.94. The summed E-state index contributed by atoms with van der Waals surface area (Å²) in [6.45, 7) is 1.39. The van der Waals surface area contributed by atoms with E-state index in [4.69, 9.17) is 9.84 Å². The van der Waals surface area contributed by atoms with Crippen LogP contribution in [-0.2, 0) is 17.6 Å². The molecule has 136 valence electrons. The van der Waals surface area contributed by atoms with Crippen LogP contribution >= 0.6 is 0 Å². The Morgan fingerprint density at radius 1 is 1.27 bits per heavy atom. The van der Waals surface area contributed by atoms with Crippen molar-refractivity contribution in [2.24, 2.45) is 0 Å². The third-order valence-electron chi connectivity index (χ3n) is 4.92. The van der Waals surface area contributed by atoms with Gasteiger partial charge in [0.05, 0.1) is 6.54 Å². The molecular formula is C19H22N4O3. The summed E-state index contributed by atoms with van der Waals surface area (Å²) in [5, 5.41) is 12.3. The Kier molecular flexibility index (Phi) is 4.71. The minimum atomic E-state index is -0.809.